The van der Waals surface area contributed by atoms with E-state index in [0.717, 1.165) is 18.4 Å². The highest BCUT2D eigenvalue weighted by atomic mass is 19.2. The van der Waals surface area contributed by atoms with Gasteiger partial charge in [0.1, 0.15) is 6.26 Å². The molecule has 0 fully saturated rings. The number of hydrogen-bond donors (Lipinski definition) is 0. The van der Waals surface area contributed by atoms with Crippen LogP contribution in [-0.2, 0) is 0 Å². The quantitative estimate of drug-likeness (QED) is 0.721. The van der Waals surface area contributed by atoms with Gasteiger partial charge in [-0.15, -0.1) is 0 Å². The van der Waals surface area contributed by atoms with Crippen molar-refractivity contribution in [3.8, 4) is 11.1 Å². The summed E-state index contributed by atoms with van der Waals surface area (Å²) in [5, 5.41) is 0. The van der Waals surface area contributed by atoms with E-state index >= 15 is 0 Å². The third kappa shape index (κ3) is 1.66. The molecule has 2 nitrogen and oxygen atoms in total. The fourth-order valence-electron chi connectivity index (χ4n) is 1.26. The Morgan fingerprint density at radius 1 is 1.07 bits per heavy atom. The molecule has 0 spiro atoms. The van der Waals surface area contributed by atoms with Crippen molar-refractivity contribution in [1.29, 1.82) is 0 Å². The van der Waals surface area contributed by atoms with Crippen molar-refractivity contribution in [2.75, 3.05) is 0 Å². The molecule has 1 aromatic carbocycles. The van der Waals surface area contributed by atoms with Crippen LogP contribution in [0.5, 0.6) is 0 Å². The summed E-state index contributed by atoms with van der Waals surface area (Å²) in [5.74, 6) is -2.04. The summed E-state index contributed by atoms with van der Waals surface area (Å²) >= 11 is 0. The fraction of sp³-hybridized carbons (Fsp3) is 0. The van der Waals surface area contributed by atoms with Crippen LogP contribution in [0.3, 0.4) is 0 Å². The predicted molar refractivity (Wildman–Crippen MR) is 50.3 cm³/mol. The number of benzene rings is 1. The summed E-state index contributed by atoms with van der Waals surface area (Å²) in [6, 6.07) is 4.80. The van der Waals surface area contributed by atoms with Crippen LogP contribution in [-0.4, -0.2) is 0 Å². The normalized spacial score (nSPS) is 10.3. The lowest BCUT2D eigenvalue weighted by Gasteiger charge is -2.01. The highest BCUT2D eigenvalue weighted by molar-refractivity contribution is 5.62. The van der Waals surface area contributed by atoms with E-state index in [4.69, 9.17) is 4.42 Å². The summed E-state index contributed by atoms with van der Waals surface area (Å²) in [5.41, 5.74) is -0.496. The Morgan fingerprint density at radius 3 is 2.60 bits per heavy atom. The van der Waals surface area contributed by atoms with Crippen LogP contribution in [0.2, 0.25) is 0 Å². The molecule has 0 radical (unpaired) electrons. The molecule has 0 aliphatic carbocycles. The van der Waals surface area contributed by atoms with Gasteiger partial charge in [-0.1, -0.05) is 12.1 Å². The van der Waals surface area contributed by atoms with Crippen molar-refractivity contribution in [2.45, 2.75) is 0 Å². The molecule has 15 heavy (non-hydrogen) atoms. The highest BCUT2D eigenvalue weighted by Gasteiger charge is 2.12. The SMILES string of the molecule is O=c1ccocc1-c1cccc(F)c1F. The van der Waals surface area contributed by atoms with Gasteiger partial charge in [0.05, 0.1) is 11.8 Å². The Balaban J connectivity index is 2.70. The van der Waals surface area contributed by atoms with Gasteiger partial charge in [-0.2, -0.15) is 0 Å². The summed E-state index contributed by atoms with van der Waals surface area (Å²) in [7, 11) is 0. The van der Waals surface area contributed by atoms with Crippen LogP contribution in [0.1, 0.15) is 0 Å². The molecule has 0 atom stereocenters. The average Bonchev–Trinajstić information content (AvgIpc) is 2.23. The van der Waals surface area contributed by atoms with E-state index in [0.29, 0.717) is 0 Å². The highest BCUT2D eigenvalue weighted by Crippen LogP contribution is 2.21. The van der Waals surface area contributed by atoms with Crippen LogP contribution in [0, 0.1) is 11.6 Å². The second-order valence-electron chi connectivity index (χ2n) is 2.94. The Bertz CT molecular complexity index is 546. The molecule has 1 aromatic heterocycles. The minimum absolute atomic E-state index is 0.00880. The van der Waals surface area contributed by atoms with Crippen molar-refractivity contribution in [3.05, 3.63) is 58.6 Å². The molecule has 4 heteroatoms. The Morgan fingerprint density at radius 2 is 1.87 bits per heavy atom. The molecule has 0 aliphatic rings. The summed E-state index contributed by atoms with van der Waals surface area (Å²) < 4.78 is 30.9. The van der Waals surface area contributed by atoms with E-state index in [-0.39, 0.29) is 11.1 Å². The van der Waals surface area contributed by atoms with Gasteiger partial charge in [0.15, 0.2) is 17.1 Å². The monoisotopic (exact) mass is 208 g/mol. The second-order valence-corrected chi connectivity index (χ2v) is 2.94. The predicted octanol–water partition coefficient (Wildman–Crippen LogP) is 2.59. The molecule has 0 bridgehead atoms. The summed E-state index contributed by atoms with van der Waals surface area (Å²) in [6.07, 6.45) is 2.28. The van der Waals surface area contributed by atoms with Gasteiger partial charge in [0.2, 0.25) is 0 Å². The van der Waals surface area contributed by atoms with Crippen LogP contribution < -0.4 is 5.43 Å². The Kier molecular flexibility index (Phi) is 2.33. The lowest BCUT2D eigenvalue weighted by molar-refractivity contribution is 0.509. The van der Waals surface area contributed by atoms with E-state index in [9.17, 15) is 13.6 Å². The summed E-state index contributed by atoms with van der Waals surface area (Å²) in [6.45, 7) is 0. The fourth-order valence-corrected chi connectivity index (χ4v) is 1.26. The van der Waals surface area contributed by atoms with Crippen molar-refractivity contribution in [2.24, 2.45) is 0 Å². The van der Waals surface area contributed by atoms with Gasteiger partial charge >= 0.3 is 0 Å². The minimum Gasteiger partial charge on any atom is -0.472 e. The zero-order valence-electron chi connectivity index (χ0n) is 7.54. The molecule has 76 valence electrons. The van der Waals surface area contributed by atoms with E-state index < -0.39 is 17.1 Å². The van der Waals surface area contributed by atoms with Gasteiger partial charge in [0, 0.05) is 11.6 Å². The van der Waals surface area contributed by atoms with Gasteiger partial charge < -0.3 is 4.42 Å². The maximum atomic E-state index is 13.3. The molecular formula is C11H6F2O2. The van der Waals surface area contributed by atoms with Gasteiger partial charge in [-0.05, 0) is 6.07 Å². The van der Waals surface area contributed by atoms with Gasteiger partial charge in [0.25, 0.3) is 0 Å². The van der Waals surface area contributed by atoms with Crippen LogP contribution >= 0.6 is 0 Å². The standard InChI is InChI=1S/C11H6F2O2/c12-9-3-1-2-7(11(9)13)8-6-15-5-4-10(8)14/h1-6H. The first-order valence-electron chi connectivity index (χ1n) is 4.21. The zero-order chi connectivity index (χ0) is 10.8. The molecule has 0 saturated heterocycles. The maximum absolute atomic E-state index is 13.3. The van der Waals surface area contributed by atoms with E-state index in [1.54, 1.807) is 0 Å². The first-order valence-corrected chi connectivity index (χ1v) is 4.21. The van der Waals surface area contributed by atoms with Crippen molar-refractivity contribution in [3.63, 3.8) is 0 Å². The topological polar surface area (TPSA) is 30.2 Å². The van der Waals surface area contributed by atoms with Crippen molar-refractivity contribution >= 4 is 0 Å². The molecule has 2 rings (SSSR count). The lowest BCUT2D eigenvalue weighted by Crippen LogP contribution is -2.03. The van der Waals surface area contributed by atoms with Crippen LogP contribution in [0.15, 0.2) is 46.0 Å². The molecular weight excluding hydrogens is 202 g/mol. The minimum atomic E-state index is -1.05. The molecule has 0 N–H and O–H groups in total. The average molecular weight is 208 g/mol. The molecule has 0 saturated carbocycles. The molecule has 2 aromatic rings. The largest absolute Gasteiger partial charge is 0.472 e. The third-order valence-corrected chi connectivity index (χ3v) is 1.99. The second kappa shape index (κ2) is 3.65. The Hall–Kier alpha value is -1.97. The van der Waals surface area contributed by atoms with Crippen molar-refractivity contribution in [1.82, 2.24) is 0 Å². The first-order chi connectivity index (χ1) is 7.20. The van der Waals surface area contributed by atoms with Gasteiger partial charge in [-0.3, -0.25) is 4.79 Å². The maximum Gasteiger partial charge on any atom is 0.192 e. The molecule has 0 unspecified atom stereocenters. The van der Waals surface area contributed by atoms with Crippen molar-refractivity contribution < 1.29 is 13.2 Å². The molecule has 1 heterocycles. The number of hydrogen-bond acceptors (Lipinski definition) is 2. The van der Waals surface area contributed by atoms with Crippen LogP contribution in [0.4, 0.5) is 8.78 Å². The van der Waals surface area contributed by atoms with Crippen LogP contribution in [0.25, 0.3) is 11.1 Å². The first kappa shape index (κ1) is 9.58. The van der Waals surface area contributed by atoms with E-state index in [1.165, 1.54) is 18.4 Å². The number of halogens is 2. The summed E-state index contributed by atoms with van der Waals surface area (Å²) in [4.78, 5) is 11.3. The number of rotatable bonds is 1. The smallest absolute Gasteiger partial charge is 0.192 e. The molecule has 0 amide bonds. The molecule has 0 aliphatic heterocycles. The Labute approximate surface area is 83.8 Å². The van der Waals surface area contributed by atoms with Gasteiger partial charge in [-0.25, -0.2) is 8.78 Å². The van der Waals surface area contributed by atoms with E-state index in [1.807, 2.05) is 0 Å². The zero-order valence-corrected chi connectivity index (χ0v) is 7.54. The third-order valence-electron chi connectivity index (χ3n) is 1.99. The lowest BCUT2D eigenvalue weighted by atomic mass is 10.1. The van der Waals surface area contributed by atoms with E-state index in [2.05, 4.69) is 0 Å².